The normalized spacial score (nSPS) is 26.4. The number of hydrogen-bond donors (Lipinski definition) is 1. The molecular weight excluding hydrogens is 172 g/mol. The molecule has 1 spiro atoms. The van der Waals surface area contributed by atoms with E-state index in [1.807, 2.05) is 0 Å². The van der Waals surface area contributed by atoms with E-state index in [2.05, 4.69) is 17.1 Å². The van der Waals surface area contributed by atoms with Crippen LogP contribution in [-0.2, 0) is 0 Å². The summed E-state index contributed by atoms with van der Waals surface area (Å²) in [4.78, 5) is 2.62. The highest BCUT2D eigenvalue weighted by Crippen LogP contribution is 2.43. The molecule has 0 radical (unpaired) electrons. The number of nitrogens with one attached hydrogen (secondary N) is 1. The van der Waals surface area contributed by atoms with Crippen molar-refractivity contribution in [3.05, 3.63) is 0 Å². The van der Waals surface area contributed by atoms with Gasteiger partial charge in [0.15, 0.2) is 0 Å². The SMILES string of the molecule is CCNCCN1CC2(CCCCC2)C1. The number of hydrogen-bond acceptors (Lipinski definition) is 2. The van der Waals surface area contributed by atoms with Gasteiger partial charge in [0.25, 0.3) is 0 Å². The molecule has 0 aromatic carbocycles. The summed E-state index contributed by atoms with van der Waals surface area (Å²) >= 11 is 0. The van der Waals surface area contributed by atoms with E-state index < -0.39 is 0 Å². The van der Waals surface area contributed by atoms with E-state index in [0.717, 1.165) is 12.0 Å². The highest BCUT2D eigenvalue weighted by atomic mass is 15.2. The van der Waals surface area contributed by atoms with Gasteiger partial charge in [-0.2, -0.15) is 0 Å². The van der Waals surface area contributed by atoms with Gasteiger partial charge in [0, 0.05) is 26.2 Å². The fraction of sp³-hybridized carbons (Fsp3) is 1.00. The van der Waals surface area contributed by atoms with Crippen molar-refractivity contribution in [3.63, 3.8) is 0 Å². The molecule has 1 aliphatic carbocycles. The molecule has 1 aliphatic heterocycles. The molecule has 2 rings (SSSR count). The summed E-state index contributed by atoms with van der Waals surface area (Å²) in [6.07, 6.45) is 7.47. The van der Waals surface area contributed by atoms with Crippen LogP contribution < -0.4 is 5.32 Å². The van der Waals surface area contributed by atoms with Crippen LogP contribution in [0.1, 0.15) is 39.0 Å². The average Bonchev–Trinajstić information content (AvgIpc) is 2.17. The third-order valence-electron chi connectivity index (χ3n) is 3.89. The highest BCUT2D eigenvalue weighted by molar-refractivity contribution is 4.96. The Balaban J connectivity index is 1.62. The summed E-state index contributed by atoms with van der Waals surface area (Å²) in [6.45, 7) is 8.50. The second-order valence-electron chi connectivity index (χ2n) is 5.12. The first-order valence-corrected chi connectivity index (χ1v) is 6.28. The van der Waals surface area contributed by atoms with E-state index in [1.54, 1.807) is 0 Å². The first kappa shape index (κ1) is 10.4. The quantitative estimate of drug-likeness (QED) is 0.690. The van der Waals surface area contributed by atoms with Crippen LogP contribution >= 0.6 is 0 Å². The minimum absolute atomic E-state index is 0.768. The summed E-state index contributed by atoms with van der Waals surface area (Å²) in [5.74, 6) is 0. The molecular formula is C12H24N2. The monoisotopic (exact) mass is 196 g/mol. The summed E-state index contributed by atoms with van der Waals surface area (Å²) in [5.41, 5.74) is 0.768. The van der Waals surface area contributed by atoms with E-state index in [1.165, 1.54) is 58.3 Å². The first-order chi connectivity index (χ1) is 6.85. The van der Waals surface area contributed by atoms with Crippen LogP contribution in [0.25, 0.3) is 0 Å². The van der Waals surface area contributed by atoms with Crippen molar-refractivity contribution in [2.45, 2.75) is 39.0 Å². The predicted octanol–water partition coefficient (Wildman–Crippen LogP) is 1.86. The lowest BCUT2D eigenvalue weighted by atomic mass is 9.69. The number of likely N-dealkylation sites (N-methyl/N-ethyl adjacent to an activating group) is 1. The Kier molecular flexibility index (Phi) is 3.45. The molecule has 1 saturated heterocycles. The van der Waals surface area contributed by atoms with E-state index in [9.17, 15) is 0 Å². The molecule has 2 nitrogen and oxygen atoms in total. The van der Waals surface area contributed by atoms with Crippen molar-refractivity contribution in [1.82, 2.24) is 10.2 Å². The molecule has 1 N–H and O–H groups in total. The predicted molar refractivity (Wildman–Crippen MR) is 60.5 cm³/mol. The maximum Gasteiger partial charge on any atom is 0.0107 e. The van der Waals surface area contributed by atoms with Crippen LogP contribution in [0.3, 0.4) is 0 Å². The van der Waals surface area contributed by atoms with Crippen molar-refractivity contribution in [2.75, 3.05) is 32.7 Å². The van der Waals surface area contributed by atoms with Gasteiger partial charge < -0.3 is 10.2 Å². The largest absolute Gasteiger partial charge is 0.316 e. The van der Waals surface area contributed by atoms with Gasteiger partial charge in [0.05, 0.1) is 0 Å². The summed E-state index contributed by atoms with van der Waals surface area (Å²) in [7, 11) is 0. The summed E-state index contributed by atoms with van der Waals surface area (Å²) in [6, 6.07) is 0. The van der Waals surface area contributed by atoms with Crippen LogP contribution in [0.4, 0.5) is 0 Å². The van der Waals surface area contributed by atoms with Crippen LogP contribution in [-0.4, -0.2) is 37.6 Å². The number of nitrogens with zero attached hydrogens (tertiary/aromatic N) is 1. The Labute approximate surface area is 88.1 Å². The van der Waals surface area contributed by atoms with E-state index in [0.29, 0.717) is 0 Å². The smallest absolute Gasteiger partial charge is 0.0107 e. The molecule has 82 valence electrons. The second kappa shape index (κ2) is 4.63. The number of rotatable bonds is 4. The fourth-order valence-electron chi connectivity index (χ4n) is 3.09. The van der Waals surface area contributed by atoms with Gasteiger partial charge in [-0.1, -0.05) is 26.2 Å². The molecule has 2 fully saturated rings. The topological polar surface area (TPSA) is 15.3 Å². The Morgan fingerprint density at radius 2 is 1.86 bits per heavy atom. The van der Waals surface area contributed by atoms with Crippen LogP contribution in [0.5, 0.6) is 0 Å². The van der Waals surface area contributed by atoms with Crippen LogP contribution in [0.2, 0.25) is 0 Å². The standard InChI is InChI=1S/C12H24N2/c1-2-13-8-9-14-10-12(11-14)6-4-3-5-7-12/h13H,2-11H2,1H3. The fourth-order valence-corrected chi connectivity index (χ4v) is 3.09. The molecule has 0 aromatic heterocycles. The van der Waals surface area contributed by atoms with Gasteiger partial charge in [-0.05, 0) is 24.8 Å². The van der Waals surface area contributed by atoms with Crippen LogP contribution in [0.15, 0.2) is 0 Å². The van der Waals surface area contributed by atoms with Gasteiger partial charge in [0.1, 0.15) is 0 Å². The zero-order valence-electron chi connectivity index (χ0n) is 9.52. The van der Waals surface area contributed by atoms with Crippen molar-refractivity contribution in [2.24, 2.45) is 5.41 Å². The maximum absolute atomic E-state index is 3.40. The summed E-state index contributed by atoms with van der Waals surface area (Å²) in [5, 5.41) is 3.40. The Bertz CT molecular complexity index is 165. The highest BCUT2D eigenvalue weighted by Gasteiger charge is 2.42. The molecule has 0 bridgehead atoms. The van der Waals surface area contributed by atoms with E-state index >= 15 is 0 Å². The van der Waals surface area contributed by atoms with Gasteiger partial charge in [0.2, 0.25) is 0 Å². The second-order valence-corrected chi connectivity index (χ2v) is 5.12. The number of likely N-dealkylation sites (tertiary alicyclic amines) is 1. The van der Waals surface area contributed by atoms with Crippen molar-refractivity contribution >= 4 is 0 Å². The average molecular weight is 196 g/mol. The molecule has 1 saturated carbocycles. The van der Waals surface area contributed by atoms with Gasteiger partial charge in [-0.3, -0.25) is 0 Å². The third kappa shape index (κ3) is 2.29. The Hall–Kier alpha value is -0.0800. The minimum Gasteiger partial charge on any atom is -0.316 e. The minimum atomic E-state index is 0.768. The van der Waals surface area contributed by atoms with E-state index in [-0.39, 0.29) is 0 Å². The molecule has 0 atom stereocenters. The molecule has 14 heavy (non-hydrogen) atoms. The Morgan fingerprint density at radius 3 is 2.50 bits per heavy atom. The first-order valence-electron chi connectivity index (χ1n) is 6.28. The van der Waals surface area contributed by atoms with E-state index in [4.69, 9.17) is 0 Å². The van der Waals surface area contributed by atoms with Crippen LogP contribution in [0, 0.1) is 5.41 Å². The molecule has 1 heterocycles. The van der Waals surface area contributed by atoms with Gasteiger partial charge >= 0.3 is 0 Å². The lowest BCUT2D eigenvalue weighted by Gasteiger charge is -2.52. The van der Waals surface area contributed by atoms with Gasteiger partial charge in [-0.25, -0.2) is 0 Å². The maximum atomic E-state index is 3.40. The molecule has 0 amide bonds. The zero-order valence-corrected chi connectivity index (χ0v) is 9.52. The third-order valence-corrected chi connectivity index (χ3v) is 3.89. The molecule has 0 unspecified atom stereocenters. The van der Waals surface area contributed by atoms with Crippen molar-refractivity contribution < 1.29 is 0 Å². The Morgan fingerprint density at radius 1 is 1.14 bits per heavy atom. The van der Waals surface area contributed by atoms with Gasteiger partial charge in [-0.15, -0.1) is 0 Å². The zero-order chi connectivity index (χ0) is 9.86. The molecule has 2 heteroatoms. The summed E-state index contributed by atoms with van der Waals surface area (Å²) < 4.78 is 0. The lowest BCUT2D eigenvalue weighted by molar-refractivity contribution is -0.0265. The van der Waals surface area contributed by atoms with Crippen molar-refractivity contribution in [3.8, 4) is 0 Å². The molecule has 2 aliphatic rings. The lowest BCUT2D eigenvalue weighted by Crippen LogP contribution is -2.58. The van der Waals surface area contributed by atoms with Crippen molar-refractivity contribution in [1.29, 1.82) is 0 Å². The molecule has 0 aromatic rings.